The first-order chi connectivity index (χ1) is 6.47. The van der Waals surface area contributed by atoms with Crippen LogP contribution in [0.1, 0.15) is 47.0 Å². The normalized spacial score (nSPS) is 23.9. The molecule has 0 aromatic rings. The Kier molecular flexibility index (Phi) is 3.30. The van der Waals surface area contributed by atoms with Crippen LogP contribution in [-0.2, 0) is 4.79 Å². The molecule has 0 aromatic carbocycles. The molecule has 0 atom stereocenters. The van der Waals surface area contributed by atoms with E-state index in [1.165, 1.54) is 12.0 Å². The summed E-state index contributed by atoms with van der Waals surface area (Å²) >= 11 is 0. The standard InChI is InChI=1S/C13H20O/c1-5-6-7-12-10(2)8-11(14)9-13(12,3)4/h7-8H,5-6,9H2,1-4H3/b12-7+. The molecule has 1 aliphatic rings. The highest BCUT2D eigenvalue weighted by Gasteiger charge is 2.30. The lowest BCUT2D eigenvalue weighted by Gasteiger charge is -2.31. The molecule has 0 heterocycles. The molecule has 0 N–H and O–H groups in total. The van der Waals surface area contributed by atoms with Crippen molar-refractivity contribution in [2.75, 3.05) is 0 Å². The van der Waals surface area contributed by atoms with Crippen LogP contribution in [0.2, 0.25) is 0 Å². The van der Waals surface area contributed by atoms with E-state index in [-0.39, 0.29) is 11.2 Å². The first-order valence-electron chi connectivity index (χ1n) is 5.39. The van der Waals surface area contributed by atoms with Crippen LogP contribution in [0.3, 0.4) is 0 Å². The van der Waals surface area contributed by atoms with E-state index in [2.05, 4.69) is 26.8 Å². The van der Waals surface area contributed by atoms with Crippen molar-refractivity contribution < 1.29 is 4.79 Å². The van der Waals surface area contributed by atoms with Crippen molar-refractivity contribution in [3.05, 3.63) is 23.3 Å². The van der Waals surface area contributed by atoms with Crippen molar-refractivity contribution >= 4 is 5.78 Å². The molecule has 0 aromatic heterocycles. The number of carbonyl (C=O) groups excluding carboxylic acids is 1. The molecule has 1 heteroatoms. The van der Waals surface area contributed by atoms with Gasteiger partial charge in [0, 0.05) is 6.42 Å². The van der Waals surface area contributed by atoms with Gasteiger partial charge in [-0.25, -0.2) is 0 Å². The predicted octanol–water partition coefficient (Wildman–Crippen LogP) is 3.66. The molecule has 0 saturated heterocycles. The van der Waals surface area contributed by atoms with E-state index >= 15 is 0 Å². The molecule has 0 unspecified atom stereocenters. The summed E-state index contributed by atoms with van der Waals surface area (Å²) in [7, 11) is 0. The van der Waals surface area contributed by atoms with Crippen LogP contribution < -0.4 is 0 Å². The lowest BCUT2D eigenvalue weighted by atomic mass is 9.72. The van der Waals surface area contributed by atoms with Gasteiger partial charge in [0.15, 0.2) is 5.78 Å². The van der Waals surface area contributed by atoms with Gasteiger partial charge < -0.3 is 0 Å². The maximum Gasteiger partial charge on any atom is 0.156 e. The molecule has 0 aliphatic heterocycles. The van der Waals surface area contributed by atoms with Crippen LogP contribution >= 0.6 is 0 Å². The summed E-state index contributed by atoms with van der Waals surface area (Å²) in [6, 6.07) is 0. The maximum atomic E-state index is 11.4. The second kappa shape index (κ2) is 4.12. The van der Waals surface area contributed by atoms with Gasteiger partial charge >= 0.3 is 0 Å². The summed E-state index contributed by atoms with van der Waals surface area (Å²) in [5.74, 6) is 0.265. The number of hydrogen-bond acceptors (Lipinski definition) is 1. The molecule has 1 aliphatic carbocycles. The Morgan fingerprint density at radius 2 is 2.14 bits per heavy atom. The first-order valence-corrected chi connectivity index (χ1v) is 5.39. The summed E-state index contributed by atoms with van der Waals surface area (Å²) in [6.07, 6.45) is 7.00. The fraction of sp³-hybridized carbons (Fsp3) is 0.615. The van der Waals surface area contributed by atoms with Gasteiger partial charge in [-0.3, -0.25) is 4.79 Å². The van der Waals surface area contributed by atoms with Crippen molar-refractivity contribution in [2.24, 2.45) is 5.41 Å². The average molecular weight is 192 g/mol. The van der Waals surface area contributed by atoms with E-state index in [0.29, 0.717) is 6.42 Å². The van der Waals surface area contributed by atoms with Gasteiger partial charge in [-0.15, -0.1) is 0 Å². The van der Waals surface area contributed by atoms with Gasteiger partial charge in [-0.2, -0.15) is 0 Å². The molecule has 0 bridgehead atoms. The third kappa shape index (κ3) is 2.34. The molecule has 0 spiro atoms. The zero-order valence-electron chi connectivity index (χ0n) is 9.68. The zero-order valence-corrected chi connectivity index (χ0v) is 9.68. The Morgan fingerprint density at radius 3 is 2.64 bits per heavy atom. The summed E-state index contributed by atoms with van der Waals surface area (Å²) in [5, 5.41) is 0. The molecule has 0 amide bonds. The second-order valence-corrected chi connectivity index (χ2v) is 4.76. The quantitative estimate of drug-likeness (QED) is 0.652. The third-order valence-electron chi connectivity index (χ3n) is 2.78. The highest BCUT2D eigenvalue weighted by molar-refractivity contribution is 5.93. The van der Waals surface area contributed by atoms with Gasteiger partial charge in [0.1, 0.15) is 0 Å². The lowest BCUT2D eigenvalue weighted by molar-refractivity contribution is -0.116. The smallest absolute Gasteiger partial charge is 0.156 e. The summed E-state index contributed by atoms with van der Waals surface area (Å²) in [4.78, 5) is 11.4. The predicted molar refractivity (Wildman–Crippen MR) is 60.2 cm³/mol. The van der Waals surface area contributed by atoms with Crippen LogP contribution in [0.15, 0.2) is 23.3 Å². The van der Waals surface area contributed by atoms with Crippen molar-refractivity contribution in [3.63, 3.8) is 0 Å². The molecular weight excluding hydrogens is 172 g/mol. The van der Waals surface area contributed by atoms with Crippen LogP contribution in [0.25, 0.3) is 0 Å². The van der Waals surface area contributed by atoms with Gasteiger partial charge in [0.25, 0.3) is 0 Å². The Balaban J connectivity index is 3.01. The van der Waals surface area contributed by atoms with Crippen LogP contribution in [0, 0.1) is 5.41 Å². The molecule has 0 saturated carbocycles. The average Bonchev–Trinajstić information content (AvgIpc) is 2.00. The SMILES string of the molecule is CCC/C=C1\C(C)=CC(=O)CC1(C)C. The zero-order chi connectivity index (χ0) is 10.8. The lowest BCUT2D eigenvalue weighted by Crippen LogP contribution is -2.24. The summed E-state index contributed by atoms with van der Waals surface area (Å²) < 4.78 is 0. The van der Waals surface area contributed by atoms with Gasteiger partial charge in [-0.05, 0) is 36.0 Å². The minimum Gasteiger partial charge on any atom is -0.295 e. The Morgan fingerprint density at radius 1 is 1.50 bits per heavy atom. The van der Waals surface area contributed by atoms with Crippen LogP contribution in [-0.4, -0.2) is 5.78 Å². The highest BCUT2D eigenvalue weighted by atomic mass is 16.1. The fourth-order valence-electron chi connectivity index (χ4n) is 2.16. The van der Waals surface area contributed by atoms with Crippen LogP contribution in [0.4, 0.5) is 0 Å². The Hall–Kier alpha value is -0.850. The summed E-state index contributed by atoms with van der Waals surface area (Å²) in [6.45, 7) is 8.53. The maximum absolute atomic E-state index is 11.4. The Bertz CT molecular complexity index is 292. The number of unbranched alkanes of at least 4 members (excludes halogenated alkanes) is 1. The molecule has 0 radical (unpaired) electrons. The highest BCUT2D eigenvalue weighted by Crippen LogP contribution is 2.39. The molecule has 1 rings (SSSR count). The van der Waals surface area contributed by atoms with Crippen molar-refractivity contribution in [3.8, 4) is 0 Å². The monoisotopic (exact) mass is 192 g/mol. The molecular formula is C13H20O. The third-order valence-corrected chi connectivity index (χ3v) is 2.78. The fourth-order valence-corrected chi connectivity index (χ4v) is 2.16. The number of carbonyl (C=O) groups is 1. The van der Waals surface area contributed by atoms with Gasteiger partial charge in [0.05, 0.1) is 0 Å². The van der Waals surface area contributed by atoms with E-state index in [9.17, 15) is 4.79 Å². The minimum atomic E-state index is 0.0328. The molecule has 78 valence electrons. The number of hydrogen-bond donors (Lipinski definition) is 0. The van der Waals surface area contributed by atoms with Gasteiger partial charge in [-0.1, -0.05) is 33.3 Å². The van der Waals surface area contributed by atoms with Crippen molar-refractivity contribution in [2.45, 2.75) is 47.0 Å². The number of rotatable bonds is 2. The van der Waals surface area contributed by atoms with E-state index in [0.717, 1.165) is 12.0 Å². The number of allylic oxidation sites excluding steroid dienone is 4. The molecule has 0 fully saturated rings. The first kappa shape index (κ1) is 11.2. The molecule has 14 heavy (non-hydrogen) atoms. The topological polar surface area (TPSA) is 17.1 Å². The van der Waals surface area contributed by atoms with E-state index in [1.54, 1.807) is 6.08 Å². The molecule has 1 nitrogen and oxygen atoms in total. The van der Waals surface area contributed by atoms with E-state index < -0.39 is 0 Å². The van der Waals surface area contributed by atoms with Gasteiger partial charge in [0.2, 0.25) is 0 Å². The van der Waals surface area contributed by atoms with E-state index in [4.69, 9.17) is 0 Å². The largest absolute Gasteiger partial charge is 0.295 e. The Labute approximate surface area is 86.9 Å². The van der Waals surface area contributed by atoms with Crippen molar-refractivity contribution in [1.82, 2.24) is 0 Å². The minimum absolute atomic E-state index is 0.0328. The summed E-state index contributed by atoms with van der Waals surface area (Å²) in [5.41, 5.74) is 2.55. The van der Waals surface area contributed by atoms with E-state index in [1.807, 2.05) is 6.92 Å². The van der Waals surface area contributed by atoms with Crippen molar-refractivity contribution in [1.29, 1.82) is 0 Å². The van der Waals surface area contributed by atoms with Crippen LogP contribution in [0.5, 0.6) is 0 Å². The number of ketones is 1. The second-order valence-electron chi connectivity index (χ2n) is 4.76.